The van der Waals surface area contributed by atoms with Crippen molar-refractivity contribution in [3.63, 3.8) is 0 Å². The summed E-state index contributed by atoms with van der Waals surface area (Å²) in [5.41, 5.74) is 1.42. The molecule has 0 amide bonds. The standard InChI is InChI=1S/C23H22N2O5S2/c1-5-30-22(27)19-13(2)24-23-25(20(19)17-7-6-10-31-17)21(26)18(32-23)12-14-11-15(28-3)8-9-16(14)29-4/h6-12,20H,5H2,1-4H3/b18-12-/t20-/m1/s1. The largest absolute Gasteiger partial charge is 0.497 e. The topological polar surface area (TPSA) is 79.1 Å². The summed E-state index contributed by atoms with van der Waals surface area (Å²) in [7, 11) is 3.16. The number of carbonyl (C=O) groups is 1. The first-order chi connectivity index (χ1) is 15.5. The van der Waals surface area contributed by atoms with Crippen LogP contribution in [0.15, 0.2) is 56.8 Å². The van der Waals surface area contributed by atoms with Crippen LogP contribution in [0.4, 0.5) is 0 Å². The molecular formula is C23H22N2O5S2. The third-order valence-electron chi connectivity index (χ3n) is 5.05. The van der Waals surface area contributed by atoms with Crippen molar-refractivity contribution in [2.24, 2.45) is 4.99 Å². The third kappa shape index (κ3) is 3.89. The Bertz CT molecular complexity index is 1370. The van der Waals surface area contributed by atoms with Gasteiger partial charge in [0.2, 0.25) is 0 Å². The molecule has 1 aliphatic rings. The quantitative estimate of drug-likeness (QED) is 0.518. The van der Waals surface area contributed by atoms with E-state index >= 15 is 0 Å². The minimum Gasteiger partial charge on any atom is -0.497 e. The van der Waals surface area contributed by atoms with Gasteiger partial charge in [-0.2, -0.15) is 0 Å². The number of esters is 1. The summed E-state index contributed by atoms with van der Waals surface area (Å²) in [6, 6.07) is 8.62. The van der Waals surface area contributed by atoms with Gasteiger partial charge in [-0.25, -0.2) is 9.79 Å². The van der Waals surface area contributed by atoms with Crippen LogP contribution in [0.5, 0.6) is 11.5 Å². The van der Waals surface area contributed by atoms with Crippen molar-refractivity contribution in [1.29, 1.82) is 0 Å². The second-order valence-corrected chi connectivity index (χ2v) is 8.91. The number of thiophene rings is 1. The number of allylic oxidation sites excluding steroid dienone is 1. The van der Waals surface area contributed by atoms with Crippen LogP contribution in [0.3, 0.4) is 0 Å². The van der Waals surface area contributed by atoms with Crippen LogP contribution >= 0.6 is 22.7 Å². The first-order valence-corrected chi connectivity index (χ1v) is 11.6. The number of methoxy groups -OCH3 is 2. The van der Waals surface area contributed by atoms with Crippen molar-refractivity contribution in [1.82, 2.24) is 4.57 Å². The average Bonchev–Trinajstić information content (AvgIpc) is 3.41. The van der Waals surface area contributed by atoms with E-state index in [0.29, 0.717) is 37.7 Å². The summed E-state index contributed by atoms with van der Waals surface area (Å²) in [4.78, 5) is 32.3. The van der Waals surface area contributed by atoms with Gasteiger partial charge in [-0.15, -0.1) is 11.3 Å². The Hall–Kier alpha value is -3.17. The molecule has 0 saturated heterocycles. The number of rotatable bonds is 6. The molecule has 3 heterocycles. The minimum atomic E-state index is -0.584. The van der Waals surface area contributed by atoms with E-state index in [-0.39, 0.29) is 12.2 Å². The van der Waals surface area contributed by atoms with Gasteiger partial charge in [0.1, 0.15) is 17.5 Å². The lowest BCUT2D eigenvalue weighted by molar-refractivity contribution is -0.139. The Kier molecular flexibility index (Phi) is 6.29. The highest BCUT2D eigenvalue weighted by molar-refractivity contribution is 7.10. The van der Waals surface area contributed by atoms with Crippen LogP contribution < -0.4 is 24.4 Å². The lowest BCUT2D eigenvalue weighted by Gasteiger charge is -2.23. The highest BCUT2D eigenvalue weighted by Crippen LogP contribution is 2.33. The fourth-order valence-electron chi connectivity index (χ4n) is 3.60. The number of aromatic nitrogens is 1. The molecule has 0 radical (unpaired) electrons. The predicted octanol–water partition coefficient (Wildman–Crippen LogP) is 2.88. The summed E-state index contributed by atoms with van der Waals surface area (Å²) in [6.07, 6.45) is 1.76. The van der Waals surface area contributed by atoms with Gasteiger partial charge >= 0.3 is 5.97 Å². The molecule has 0 spiro atoms. The summed E-state index contributed by atoms with van der Waals surface area (Å²) >= 11 is 2.75. The van der Waals surface area contributed by atoms with E-state index in [0.717, 1.165) is 4.88 Å². The molecule has 166 valence electrons. The second-order valence-electron chi connectivity index (χ2n) is 6.93. The van der Waals surface area contributed by atoms with E-state index in [1.165, 1.54) is 22.7 Å². The molecule has 0 saturated carbocycles. The lowest BCUT2D eigenvalue weighted by Crippen LogP contribution is -2.39. The molecule has 3 aromatic rings. The maximum atomic E-state index is 13.6. The van der Waals surface area contributed by atoms with Crippen molar-refractivity contribution >= 4 is 34.7 Å². The highest BCUT2D eigenvalue weighted by Gasteiger charge is 2.33. The van der Waals surface area contributed by atoms with Crippen molar-refractivity contribution in [2.45, 2.75) is 19.9 Å². The number of ether oxygens (including phenoxy) is 3. The fraction of sp³-hybridized carbons (Fsp3) is 0.261. The first-order valence-electron chi connectivity index (χ1n) is 9.93. The minimum absolute atomic E-state index is 0.230. The van der Waals surface area contributed by atoms with E-state index in [1.54, 1.807) is 50.8 Å². The number of hydrogen-bond acceptors (Lipinski definition) is 8. The molecule has 7 nitrogen and oxygen atoms in total. The number of benzene rings is 1. The van der Waals surface area contributed by atoms with Crippen LogP contribution in [-0.4, -0.2) is 31.4 Å². The fourth-order valence-corrected chi connectivity index (χ4v) is 5.46. The molecule has 4 rings (SSSR count). The Labute approximate surface area is 192 Å². The van der Waals surface area contributed by atoms with Crippen molar-refractivity contribution < 1.29 is 19.0 Å². The molecule has 0 bridgehead atoms. The van der Waals surface area contributed by atoms with Gasteiger partial charge in [0.05, 0.1) is 36.6 Å². The van der Waals surface area contributed by atoms with E-state index < -0.39 is 12.0 Å². The Balaban J connectivity index is 1.95. The zero-order valence-electron chi connectivity index (χ0n) is 18.1. The van der Waals surface area contributed by atoms with Gasteiger partial charge in [-0.1, -0.05) is 17.4 Å². The molecule has 0 N–H and O–H groups in total. The van der Waals surface area contributed by atoms with E-state index in [1.807, 2.05) is 23.6 Å². The van der Waals surface area contributed by atoms with Crippen LogP contribution in [-0.2, 0) is 9.53 Å². The molecule has 9 heteroatoms. The summed E-state index contributed by atoms with van der Waals surface area (Å²) in [6.45, 7) is 3.77. The Morgan fingerprint density at radius 2 is 2.06 bits per heavy atom. The number of nitrogens with zero attached hydrogens (tertiary/aromatic N) is 2. The molecule has 1 aromatic carbocycles. The first kappa shape index (κ1) is 22.0. The molecular weight excluding hydrogens is 448 g/mol. The number of carbonyl (C=O) groups excluding carboxylic acids is 1. The SMILES string of the molecule is CCOC(=O)C1=C(C)N=c2s/c(=C\c3cc(OC)ccc3OC)c(=O)n2[C@@H]1c1cccs1. The number of hydrogen-bond donors (Lipinski definition) is 0. The number of thiazole rings is 1. The molecule has 0 unspecified atom stereocenters. The van der Waals surface area contributed by atoms with Gasteiger partial charge in [0, 0.05) is 10.4 Å². The molecule has 0 aliphatic carbocycles. The Morgan fingerprint density at radius 1 is 1.25 bits per heavy atom. The van der Waals surface area contributed by atoms with Crippen LogP contribution in [0.25, 0.3) is 6.08 Å². The van der Waals surface area contributed by atoms with E-state index in [9.17, 15) is 9.59 Å². The average molecular weight is 471 g/mol. The third-order valence-corrected chi connectivity index (χ3v) is 6.96. The highest BCUT2D eigenvalue weighted by atomic mass is 32.1. The summed E-state index contributed by atoms with van der Waals surface area (Å²) < 4.78 is 18.1. The zero-order valence-corrected chi connectivity index (χ0v) is 19.7. The smallest absolute Gasteiger partial charge is 0.338 e. The van der Waals surface area contributed by atoms with Crippen LogP contribution in [0, 0.1) is 0 Å². The second kappa shape index (κ2) is 9.13. The zero-order chi connectivity index (χ0) is 22.8. The maximum Gasteiger partial charge on any atom is 0.338 e. The molecule has 1 aliphatic heterocycles. The normalized spacial score (nSPS) is 15.9. The van der Waals surface area contributed by atoms with Gasteiger partial charge in [-0.05, 0) is 49.6 Å². The molecule has 1 atom stereocenters. The maximum absolute atomic E-state index is 13.6. The predicted molar refractivity (Wildman–Crippen MR) is 124 cm³/mol. The molecule has 0 fully saturated rings. The summed E-state index contributed by atoms with van der Waals surface area (Å²) in [5, 5.41) is 1.92. The van der Waals surface area contributed by atoms with Gasteiger partial charge in [0.25, 0.3) is 5.56 Å². The van der Waals surface area contributed by atoms with Crippen LogP contribution in [0.2, 0.25) is 0 Å². The van der Waals surface area contributed by atoms with E-state index in [4.69, 9.17) is 14.2 Å². The van der Waals surface area contributed by atoms with Crippen molar-refractivity contribution in [2.75, 3.05) is 20.8 Å². The molecule has 32 heavy (non-hydrogen) atoms. The van der Waals surface area contributed by atoms with E-state index in [2.05, 4.69) is 4.99 Å². The molecule has 2 aromatic heterocycles. The monoisotopic (exact) mass is 470 g/mol. The van der Waals surface area contributed by atoms with Crippen LogP contribution in [0.1, 0.15) is 30.3 Å². The van der Waals surface area contributed by atoms with Gasteiger partial charge in [-0.3, -0.25) is 9.36 Å². The van der Waals surface area contributed by atoms with Crippen molar-refractivity contribution in [3.8, 4) is 11.5 Å². The lowest BCUT2D eigenvalue weighted by atomic mass is 10.0. The van der Waals surface area contributed by atoms with Crippen molar-refractivity contribution in [3.05, 3.63) is 77.1 Å². The number of fused-ring (bicyclic) bond motifs is 1. The van der Waals surface area contributed by atoms with Gasteiger partial charge < -0.3 is 14.2 Å². The van der Waals surface area contributed by atoms with Gasteiger partial charge in [0.15, 0.2) is 4.80 Å². The Morgan fingerprint density at radius 3 is 2.72 bits per heavy atom. The summed E-state index contributed by atoms with van der Waals surface area (Å²) in [5.74, 6) is 0.812.